The molecule has 2 N–H and O–H groups in total. The summed E-state index contributed by atoms with van der Waals surface area (Å²) in [5, 5.41) is 13.2. The first-order chi connectivity index (χ1) is 14.1. The van der Waals surface area contributed by atoms with Crippen LogP contribution in [0.1, 0.15) is 11.7 Å². The van der Waals surface area contributed by atoms with E-state index in [-0.39, 0.29) is 48.1 Å². The van der Waals surface area contributed by atoms with Crippen molar-refractivity contribution in [2.24, 2.45) is 0 Å². The number of rotatable bonds is 4. The largest absolute Gasteiger partial charge is 1.00 e. The molecule has 1 unspecified atom stereocenters. The average Bonchev–Trinajstić information content (AvgIpc) is 2.74. The zero-order chi connectivity index (χ0) is 20.4. The van der Waals surface area contributed by atoms with Crippen LogP contribution in [0.2, 0.25) is 0 Å². The van der Waals surface area contributed by atoms with Gasteiger partial charge in [-0.3, -0.25) is 14.5 Å². The SMILES string of the molecule is COc1ccc(NC(=O)C2c3cccc[n+]3CC(=O)N2c2ccccc2O)cc1.[I-]. The van der Waals surface area contributed by atoms with Crippen molar-refractivity contribution in [3.05, 3.63) is 78.6 Å². The monoisotopic (exact) mass is 517 g/mol. The number of anilines is 2. The zero-order valence-corrected chi connectivity index (χ0v) is 18.3. The predicted octanol–water partition coefficient (Wildman–Crippen LogP) is -0.581. The molecule has 7 nitrogen and oxygen atoms in total. The number of phenols is 1. The fourth-order valence-electron chi connectivity index (χ4n) is 3.46. The Balaban J connectivity index is 0.00000256. The lowest BCUT2D eigenvalue weighted by Gasteiger charge is -2.32. The summed E-state index contributed by atoms with van der Waals surface area (Å²) in [5.74, 6) is -0.0587. The number of halogens is 1. The van der Waals surface area contributed by atoms with Crippen molar-refractivity contribution in [1.82, 2.24) is 0 Å². The van der Waals surface area contributed by atoms with E-state index < -0.39 is 6.04 Å². The van der Waals surface area contributed by atoms with Gasteiger partial charge in [-0.2, -0.15) is 4.57 Å². The van der Waals surface area contributed by atoms with Crippen LogP contribution in [0.4, 0.5) is 11.4 Å². The lowest BCUT2D eigenvalue weighted by atomic mass is 10.0. The number of hydrogen-bond acceptors (Lipinski definition) is 4. The van der Waals surface area contributed by atoms with Crippen LogP contribution < -0.4 is 43.5 Å². The molecular formula is C22H20IN3O4. The van der Waals surface area contributed by atoms with Crippen molar-refractivity contribution in [2.75, 3.05) is 17.3 Å². The number of phenolic OH excluding ortho intramolecular Hbond substituents is 1. The molecular weight excluding hydrogens is 497 g/mol. The standard InChI is InChI=1S/C22H19N3O4.HI/c1-29-16-11-9-15(10-12-16)23-22(28)21-18-7-4-5-13-24(18)14-20(27)25(21)17-6-2-3-8-19(17)26;/h2-13,21H,14H2,1H3,(H-,23,26,28);1H. The van der Waals surface area contributed by atoms with Gasteiger partial charge in [0, 0.05) is 17.8 Å². The molecule has 2 aromatic carbocycles. The van der Waals surface area contributed by atoms with Gasteiger partial charge in [-0.05, 0) is 36.4 Å². The molecule has 0 saturated carbocycles. The van der Waals surface area contributed by atoms with E-state index in [9.17, 15) is 14.7 Å². The first-order valence-electron chi connectivity index (χ1n) is 9.12. The summed E-state index contributed by atoms with van der Waals surface area (Å²) >= 11 is 0. The fraction of sp³-hybridized carbons (Fsp3) is 0.136. The number of aromatic nitrogens is 1. The minimum Gasteiger partial charge on any atom is -1.00 e. The van der Waals surface area contributed by atoms with E-state index in [1.54, 1.807) is 66.4 Å². The van der Waals surface area contributed by atoms with Gasteiger partial charge in [0.15, 0.2) is 6.20 Å². The second-order valence-electron chi connectivity index (χ2n) is 6.63. The number of para-hydroxylation sites is 2. The fourth-order valence-corrected chi connectivity index (χ4v) is 3.46. The number of carbonyl (C=O) groups excluding carboxylic acids is 2. The number of carbonyl (C=O) groups is 2. The number of fused-ring (bicyclic) bond motifs is 1. The number of methoxy groups -OCH3 is 1. The third-order valence-corrected chi connectivity index (χ3v) is 4.84. The topological polar surface area (TPSA) is 82.8 Å². The molecule has 3 aromatic rings. The molecule has 0 bridgehead atoms. The Bertz CT molecular complexity index is 1070. The van der Waals surface area contributed by atoms with Gasteiger partial charge in [0.1, 0.15) is 11.5 Å². The van der Waals surface area contributed by atoms with Crippen LogP contribution in [-0.4, -0.2) is 24.0 Å². The number of nitrogens with one attached hydrogen (secondary N) is 1. The number of aromatic hydroxyl groups is 1. The summed E-state index contributed by atoms with van der Waals surface area (Å²) in [6, 6.07) is 17.9. The van der Waals surface area contributed by atoms with E-state index >= 15 is 0 Å². The molecule has 2 amide bonds. The maximum absolute atomic E-state index is 13.3. The highest BCUT2D eigenvalue weighted by Gasteiger charge is 2.44. The highest BCUT2D eigenvalue weighted by Crippen LogP contribution is 2.35. The van der Waals surface area contributed by atoms with Crippen molar-refractivity contribution in [2.45, 2.75) is 12.6 Å². The third kappa shape index (κ3) is 4.09. The lowest BCUT2D eigenvalue weighted by molar-refractivity contribution is -0.695. The summed E-state index contributed by atoms with van der Waals surface area (Å²) in [6.45, 7) is 0.0802. The molecule has 4 rings (SSSR count). The second-order valence-corrected chi connectivity index (χ2v) is 6.63. The summed E-state index contributed by atoms with van der Waals surface area (Å²) in [5.41, 5.74) is 1.53. The zero-order valence-electron chi connectivity index (χ0n) is 16.2. The summed E-state index contributed by atoms with van der Waals surface area (Å²) in [6.07, 6.45) is 1.77. The van der Waals surface area contributed by atoms with Crippen LogP contribution in [-0.2, 0) is 16.1 Å². The van der Waals surface area contributed by atoms with Gasteiger partial charge < -0.3 is 39.1 Å². The second kappa shape index (κ2) is 9.12. The smallest absolute Gasteiger partial charge is 0.294 e. The molecule has 30 heavy (non-hydrogen) atoms. The average molecular weight is 517 g/mol. The van der Waals surface area contributed by atoms with Gasteiger partial charge in [-0.15, -0.1) is 0 Å². The number of pyridine rings is 1. The molecule has 1 aliphatic heterocycles. The molecule has 0 radical (unpaired) electrons. The van der Waals surface area contributed by atoms with Crippen molar-refractivity contribution in [3.63, 3.8) is 0 Å². The lowest BCUT2D eigenvalue weighted by Crippen LogP contribution is -3.00. The van der Waals surface area contributed by atoms with E-state index in [0.29, 0.717) is 22.8 Å². The van der Waals surface area contributed by atoms with Crippen molar-refractivity contribution < 1.29 is 48.0 Å². The molecule has 0 spiro atoms. The number of nitrogens with zero attached hydrogens (tertiary/aromatic N) is 2. The first-order valence-corrected chi connectivity index (χ1v) is 9.12. The van der Waals surface area contributed by atoms with Crippen LogP contribution in [0.3, 0.4) is 0 Å². The van der Waals surface area contributed by atoms with Crippen LogP contribution in [0, 0.1) is 0 Å². The molecule has 2 heterocycles. The summed E-state index contributed by atoms with van der Waals surface area (Å²) in [7, 11) is 1.57. The number of hydrogen-bond donors (Lipinski definition) is 2. The highest BCUT2D eigenvalue weighted by molar-refractivity contribution is 6.06. The van der Waals surface area contributed by atoms with E-state index in [1.165, 1.54) is 11.0 Å². The Morgan fingerprint density at radius 2 is 1.80 bits per heavy atom. The van der Waals surface area contributed by atoms with Gasteiger partial charge in [0.25, 0.3) is 11.8 Å². The Labute approximate surface area is 190 Å². The predicted molar refractivity (Wildman–Crippen MR) is 107 cm³/mol. The van der Waals surface area contributed by atoms with Crippen molar-refractivity contribution >= 4 is 23.2 Å². The molecule has 1 aliphatic rings. The normalized spacial score (nSPS) is 15.0. The minimum atomic E-state index is -0.937. The molecule has 0 fully saturated rings. The Kier molecular flexibility index (Phi) is 6.56. The molecule has 1 atom stereocenters. The quantitative estimate of drug-likeness (QED) is 0.359. The van der Waals surface area contributed by atoms with Gasteiger partial charge in [-0.1, -0.05) is 18.2 Å². The van der Waals surface area contributed by atoms with Gasteiger partial charge in [-0.25, -0.2) is 0 Å². The van der Waals surface area contributed by atoms with Gasteiger partial charge in [0.2, 0.25) is 18.3 Å². The summed E-state index contributed by atoms with van der Waals surface area (Å²) < 4.78 is 6.89. The van der Waals surface area contributed by atoms with E-state index in [4.69, 9.17) is 4.74 Å². The Morgan fingerprint density at radius 3 is 2.50 bits per heavy atom. The molecule has 154 valence electrons. The van der Waals surface area contributed by atoms with Crippen LogP contribution in [0.5, 0.6) is 11.5 Å². The third-order valence-electron chi connectivity index (χ3n) is 4.84. The summed E-state index contributed by atoms with van der Waals surface area (Å²) in [4.78, 5) is 27.6. The number of ether oxygens (including phenoxy) is 1. The van der Waals surface area contributed by atoms with Gasteiger partial charge in [0.05, 0.1) is 12.8 Å². The van der Waals surface area contributed by atoms with Crippen molar-refractivity contribution in [3.8, 4) is 11.5 Å². The maximum Gasteiger partial charge on any atom is 0.294 e. The maximum atomic E-state index is 13.3. The Hall–Kier alpha value is -3.14. The Morgan fingerprint density at radius 1 is 1.10 bits per heavy atom. The first kappa shape index (κ1) is 21.6. The molecule has 0 aliphatic carbocycles. The highest BCUT2D eigenvalue weighted by atomic mass is 127. The van der Waals surface area contributed by atoms with Crippen LogP contribution >= 0.6 is 0 Å². The molecule has 8 heteroatoms. The molecule has 0 saturated heterocycles. The van der Waals surface area contributed by atoms with E-state index in [0.717, 1.165) is 0 Å². The number of benzene rings is 2. The van der Waals surface area contributed by atoms with Gasteiger partial charge >= 0.3 is 0 Å². The number of amides is 2. The minimum absolute atomic E-state index is 0. The van der Waals surface area contributed by atoms with E-state index in [1.807, 2.05) is 12.1 Å². The van der Waals surface area contributed by atoms with Crippen LogP contribution in [0.25, 0.3) is 0 Å². The van der Waals surface area contributed by atoms with E-state index in [2.05, 4.69) is 5.32 Å². The van der Waals surface area contributed by atoms with Crippen LogP contribution in [0.15, 0.2) is 72.9 Å². The molecule has 1 aromatic heterocycles. The van der Waals surface area contributed by atoms with Crippen molar-refractivity contribution in [1.29, 1.82) is 0 Å².